The third-order valence-corrected chi connectivity index (χ3v) is 4.31. The molecule has 142 valence electrons. The summed E-state index contributed by atoms with van der Waals surface area (Å²) in [5.74, 6) is -0.216. The molecule has 8 nitrogen and oxygen atoms in total. The number of nitriles is 1. The van der Waals surface area contributed by atoms with Crippen LogP contribution >= 0.6 is 0 Å². The van der Waals surface area contributed by atoms with Crippen LogP contribution < -0.4 is 14.8 Å². The normalized spacial score (nSPS) is 12.8. The summed E-state index contributed by atoms with van der Waals surface area (Å²) in [5.41, 5.74) is 2.21. The van der Waals surface area contributed by atoms with Gasteiger partial charge in [-0.1, -0.05) is 18.2 Å². The van der Waals surface area contributed by atoms with Gasteiger partial charge in [0.25, 0.3) is 11.6 Å². The number of benzene rings is 2. The number of fused-ring (bicyclic) bond motifs is 1. The van der Waals surface area contributed by atoms with Gasteiger partial charge in [-0.15, -0.1) is 0 Å². The lowest BCUT2D eigenvalue weighted by Crippen LogP contribution is -2.18. The van der Waals surface area contributed by atoms with E-state index in [9.17, 15) is 20.2 Å². The Bertz CT molecular complexity index is 1040. The smallest absolute Gasteiger partial charge is 0.296 e. The number of carbonyl (C=O) groups is 1. The van der Waals surface area contributed by atoms with Gasteiger partial charge in [0.05, 0.1) is 11.0 Å². The Morgan fingerprint density at radius 2 is 1.86 bits per heavy atom. The molecule has 3 rings (SSSR count). The Hall–Kier alpha value is -3.86. The first-order valence-corrected chi connectivity index (χ1v) is 8.47. The van der Waals surface area contributed by atoms with Crippen molar-refractivity contribution in [1.82, 2.24) is 0 Å². The number of nitro benzene ring substituents is 1. The van der Waals surface area contributed by atoms with E-state index in [1.54, 1.807) is 6.07 Å². The van der Waals surface area contributed by atoms with Crippen LogP contribution in [0.4, 0.5) is 11.4 Å². The first-order chi connectivity index (χ1) is 13.4. The molecule has 0 aliphatic carbocycles. The third kappa shape index (κ3) is 3.94. The summed E-state index contributed by atoms with van der Waals surface area (Å²) in [6.45, 7) is 4.47. The van der Waals surface area contributed by atoms with Crippen LogP contribution in [-0.4, -0.2) is 24.0 Å². The van der Waals surface area contributed by atoms with Crippen LogP contribution in [0, 0.1) is 35.3 Å². The molecular formula is C20H17N3O5. The number of hydrogen-bond donors (Lipinski definition) is 1. The minimum atomic E-state index is -0.750. The zero-order valence-electron chi connectivity index (χ0n) is 15.3. The molecule has 2 aromatic rings. The number of carbonyl (C=O) groups excluding carboxylic acids is 1. The first kappa shape index (κ1) is 18.9. The molecule has 0 saturated carbocycles. The van der Waals surface area contributed by atoms with Crippen LogP contribution in [-0.2, 0) is 4.79 Å². The summed E-state index contributed by atoms with van der Waals surface area (Å²) in [6.07, 6.45) is 1.44. The molecule has 0 radical (unpaired) electrons. The van der Waals surface area contributed by atoms with E-state index in [4.69, 9.17) is 9.47 Å². The van der Waals surface area contributed by atoms with Crippen molar-refractivity contribution in [3.63, 3.8) is 0 Å². The molecule has 1 aliphatic rings. The monoisotopic (exact) mass is 379 g/mol. The SMILES string of the molecule is Cc1ccc(C=C(C#N)C(=O)Nc2cc3c(cc2[N+](=O)[O-])OCCO3)cc1C. The molecule has 0 fully saturated rings. The van der Waals surface area contributed by atoms with Gasteiger partial charge < -0.3 is 14.8 Å². The first-order valence-electron chi connectivity index (χ1n) is 8.47. The number of anilines is 1. The zero-order valence-corrected chi connectivity index (χ0v) is 15.3. The van der Waals surface area contributed by atoms with Crippen molar-refractivity contribution in [1.29, 1.82) is 5.26 Å². The summed E-state index contributed by atoms with van der Waals surface area (Å²) in [4.78, 5) is 23.3. The molecule has 2 aromatic carbocycles. The van der Waals surface area contributed by atoms with Crippen LogP contribution in [0.1, 0.15) is 16.7 Å². The molecular weight excluding hydrogens is 362 g/mol. The molecule has 8 heteroatoms. The van der Waals surface area contributed by atoms with Gasteiger partial charge >= 0.3 is 0 Å². The second-order valence-corrected chi connectivity index (χ2v) is 6.24. The van der Waals surface area contributed by atoms with E-state index in [0.717, 1.165) is 11.1 Å². The highest BCUT2D eigenvalue weighted by molar-refractivity contribution is 6.10. The highest BCUT2D eigenvalue weighted by atomic mass is 16.6. The highest BCUT2D eigenvalue weighted by Crippen LogP contribution is 2.39. The zero-order chi connectivity index (χ0) is 20.3. The van der Waals surface area contributed by atoms with Crippen LogP contribution in [0.2, 0.25) is 0 Å². The number of hydrogen-bond acceptors (Lipinski definition) is 6. The van der Waals surface area contributed by atoms with Crippen molar-refractivity contribution in [3.8, 4) is 17.6 Å². The molecule has 0 spiro atoms. The number of aryl methyl sites for hydroxylation is 2. The number of rotatable bonds is 4. The van der Waals surface area contributed by atoms with Crippen LogP contribution in [0.5, 0.6) is 11.5 Å². The number of ether oxygens (including phenoxy) is 2. The summed E-state index contributed by atoms with van der Waals surface area (Å²) in [6, 6.07) is 9.90. The predicted octanol–water partition coefficient (Wildman–Crippen LogP) is 3.53. The van der Waals surface area contributed by atoms with E-state index in [-0.39, 0.29) is 29.3 Å². The highest BCUT2D eigenvalue weighted by Gasteiger charge is 2.24. The molecule has 0 aromatic heterocycles. The molecule has 0 atom stereocenters. The Kier molecular flexibility index (Phi) is 5.27. The molecule has 0 saturated heterocycles. The molecule has 0 bridgehead atoms. The second kappa shape index (κ2) is 7.80. The summed E-state index contributed by atoms with van der Waals surface area (Å²) < 4.78 is 10.7. The van der Waals surface area contributed by atoms with Gasteiger partial charge in [-0.3, -0.25) is 14.9 Å². The van der Waals surface area contributed by atoms with E-state index < -0.39 is 10.8 Å². The number of nitrogens with zero attached hydrogens (tertiary/aromatic N) is 2. The topological polar surface area (TPSA) is 114 Å². The van der Waals surface area contributed by atoms with Crippen molar-refractivity contribution >= 4 is 23.4 Å². The van der Waals surface area contributed by atoms with E-state index in [1.807, 2.05) is 32.0 Å². The number of nitrogens with one attached hydrogen (secondary N) is 1. The maximum atomic E-state index is 12.5. The van der Waals surface area contributed by atoms with Crippen molar-refractivity contribution in [2.45, 2.75) is 13.8 Å². The van der Waals surface area contributed by atoms with Crippen LogP contribution in [0.3, 0.4) is 0 Å². The number of amides is 1. The van der Waals surface area contributed by atoms with Gasteiger partial charge in [-0.05, 0) is 36.6 Å². The fourth-order valence-electron chi connectivity index (χ4n) is 2.69. The minimum Gasteiger partial charge on any atom is -0.486 e. The average Bonchev–Trinajstić information content (AvgIpc) is 2.68. The molecule has 1 N–H and O–H groups in total. The molecule has 1 heterocycles. The van der Waals surface area contributed by atoms with Gasteiger partial charge in [0.15, 0.2) is 11.5 Å². The quantitative estimate of drug-likeness (QED) is 0.376. The van der Waals surface area contributed by atoms with Crippen molar-refractivity contribution in [2.24, 2.45) is 0 Å². The lowest BCUT2D eigenvalue weighted by atomic mass is 10.0. The summed E-state index contributed by atoms with van der Waals surface area (Å²) >= 11 is 0. The third-order valence-electron chi connectivity index (χ3n) is 4.31. The lowest BCUT2D eigenvalue weighted by molar-refractivity contribution is -0.384. The predicted molar refractivity (Wildman–Crippen MR) is 102 cm³/mol. The molecule has 28 heavy (non-hydrogen) atoms. The Morgan fingerprint density at radius 3 is 2.46 bits per heavy atom. The number of nitro groups is 1. The molecule has 1 aliphatic heterocycles. The maximum Gasteiger partial charge on any atom is 0.296 e. The fraction of sp³-hybridized carbons (Fsp3) is 0.200. The van der Waals surface area contributed by atoms with Crippen LogP contribution in [0.25, 0.3) is 6.08 Å². The van der Waals surface area contributed by atoms with Crippen LogP contribution in [0.15, 0.2) is 35.9 Å². The van der Waals surface area contributed by atoms with Crippen molar-refractivity contribution < 1.29 is 19.2 Å². The molecule has 1 amide bonds. The van der Waals surface area contributed by atoms with Crippen molar-refractivity contribution in [3.05, 3.63) is 62.7 Å². The molecule has 0 unspecified atom stereocenters. The summed E-state index contributed by atoms with van der Waals surface area (Å²) in [7, 11) is 0. The van der Waals surface area contributed by atoms with Crippen molar-refractivity contribution in [2.75, 3.05) is 18.5 Å². The minimum absolute atomic E-state index is 0.0690. The maximum absolute atomic E-state index is 12.5. The standard InChI is InChI=1S/C20H17N3O5/c1-12-3-4-14(7-13(12)2)8-15(11-21)20(24)22-16-9-18-19(28-6-5-27-18)10-17(16)23(25)26/h3-4,7-10H,5-6H2,1-2H3,(H,22,24). The largest absolute Gasteiger partial charge is 0.486 e. The van der Waals surface area contributed by atoms with Gasteiger partial charge in [-0.2, -0.15) is 5.26 Å². The van der Waals surface area contributed by atoms with E-state index >= 15 is 0 Å². The van der Waals surface area contributed by atoms with Gasteiger partial charge in [0.1, 0.15) is 30.5 Å². The summed E-state index contributed by atoms with van der Waals surface area (Å²) in [5, 5.41) is 23.2. The Balaban J connectivity index is 1.92. The van der Waals surface area contributed by atoms with Gasteiger partial charge in [-0.25, -0.2) is 0 Å². The Morgan fingerprint density at radius 1 is 1.18 bits per heavy atom. The van der Waals surface area contributed by atoms with Gasteiger partial charge in [0.2, 0.25) is 0 Å². The van der Waals surface area contributed by atoms with Gasteiger partial charge in [0, 0.05) is 6.07 Å². The fourth-order valence-corrected chi connectivity index (χ4v) is 2.69. The van der Waals surface area contributed by atoms with E-state index in [1.165, 1.54) is 18.2 Å². The second-order valence-electron chi connectivity index (χ2n) is 6.24. The van der Waals surface area contributed by atoms with E-state index in [2.05, 4.69) is 5.32 Å². The lowest BCUT2D eigenvalue weighted by Gasteiger charge is -2.19. The Labute approximate surface area is 161 Å². The van der Waals surface area contributed by atoms with E-state index in [0.29, 0.717) is 17.9 Å². The average molecular weight is 379 g/mol.